The number of carbonyl (C=O) groups is 2. The molecule has 1 heterocycles. The predicted molar refractivity (Wildman–Crippen MR) is 138 cm³/mol. The van der Waals surface area contributed by atoms with Gasteiger partial charge in [0.15, 0.2) is 5.78 Å². The number of ether oxygens (including phenoxy) is 2. The Morgan fingerprint density at radius 3 is 2.41 bits per heavy atom. The van der Waals surface area contributed by atoms with E-state index in [2.05, 4.69) is 5.32 Å². The lowest BCUT2D eigenvalue weighted by Gasteiger charge is -2.37. The number of halogens is 1. The molecule has 3 aromatic carbocycles. The van der Waals surface area contributed by atoms with Crippen LogP contribution in [0, 0.1) is 5.82 Å². The highest BCUT2D eigenvalue weighted by Gasteiger charge is 2.42. The first-order chi connectivity index (χ1) is 18.0. The Kier molecular flexibility index (Phi) is 6.91. The lowest BCUT2D eigenvalue weighted by atomic mass is 9.71. The molecule has 0 saturated heterocycles. The van der Waals surface area contributed by atoms with Crippen LogP contribution >= 0.6 is 0 Å². The van der Waals surface area contributed by atoms with E-state index >= 15 is 0 Å². The normalized spacial score (nSPS) is 19.3. The number of para-hydroxylation sites is 1. The van der Waals surface area contributed by atoms with Crippen LogP contribution in [-0.2, 0) is 20.9 Å². The molecule has 0 spiro atoms. The second-order valence-corrected chi connectivity index (χ2v) is 9.37. The molecule has 1 N–H and O–H groups in total. The highest BCUT2D eigenvalue weighted by Crippen LogP contribution is 2.47. The minimum Gasteiger partial charge on any atom is -0.489 e. The molecule has 2 aliphatic rings. The number of ketones is 1. The van der Waals surface area contributed by atoms with E-state index in [1.54, 1.807) is 12.1 Å². The molecule has 1 aliphatic heterocycles. The summed E-state index contributed by atoms with van der Waals surface area (Å²) < 4.78 is 24.9. The van der Waals surface area contributed by atoms with Crippen molar-refractivity contribution in [3.63, 3.8) is 0 Å². The van der Waals surface area contributed by atoms with Crippen LogP contribution in [0.4, 0.5) is 4.39 Å². The fourth-order valence-corrected chi connectivity index (χ4v) is 5.29. The monoisotopic (exact) mass is 497 g/mol. The zero-order valence-corrected chi connectivity index (χ0v) is 20.8. The number of nitrogens with one attached hydrogen (secondary N) is 1. The van der Waals surface area contributed by atoms with E-state index in [4.69, 9.17) is 9.47 Å². The number of methoxy groups -OCH3 is 1. The van der Waals surface area contributed by atoms with Crippen molar-refractivity contribution in [2.75, 3.05) is 7.11 Å². The molecule has 0 amide bonds. The van der Waals surface area contributed by atoms with Gasteiger partial charge >= 0.3 is 5.97 Å². The van der Waals surface area contributed by atoms with Gasteiger partial charge in [0.1, 0.15) is 18.2 Å². The molecule has 6 heteroatoms. The van der Waals surface area contributed by atoms with E-state index in [0.29, 0.717) is 35.6 Å². The van der Waals surface area contributed by atoms with E-state index in [1.165, 1.54) is 19.2 Å². The number of hydrogen-bond donors (Lipinski definition) is 1. The summed E-state index contributed by atoms with van der Waals surface area (Å²) in [6.07, 6.45) is 0.839. The molecule has 0 saturated carbocycles. The number of carbonyl (C=O) groups excluding carboxylic acids is 2. The molecule has 5 rings (SSSR count). The van der Waals surface area contributed by atoms with Gasteiger partial charge in [0.2, 0.25) is 0 Å². The Morgan fingerprint density at radius 1 is 0.973 bits per heavy atom. The summed E-state index contributed by atoms with van der Waals surface area (Å²) in [5, 5.41) is 3.32. The number of rotatable bonds is 6. The third-order valence-corrected chi connectivity index (χ3v) is 7.04. The lowest BCUT2D eigenvalue weighted by Crippen LogP contribution is -2.36. The van der Waals surface area contributed by atoms with Gasteiger partial charge in [-0.3, -0.25) is 4.79 Å². The Hall–Kier alpha value is -4.19. The number of esters is 1. The smallest absolute Gasteiger partial charge is 0.336 e. The van der Waals surface area contributed by atoms with Gasteiger partial charge in [-0.1, -0.05) is 60.7 Å². The van der Waals surface area contributed by atoms with Crippen LogP contribution in [0.1, 0.15) is 48.3 Å². The second-order valence-electron chi connectivity index (χ2n) is 9.37. The van der Waals surface area contributed by atoms with Crippen molar-refractivity contribution < 1.29 is 23.5 Å². The van der Waals surface area contributed by atoms with E-state index < -0.39 is 11.9 Å². The van der Waals surface area contributed by atoms with Gasteiger partial charge in [-0.2, -0.15) is 0 Å². The second kappa shape index (κ2) is 10.4. The number of allylic oxidation sites excluding steroid dienone is 3. The maximum Gasteiger partial charge on any atom is 0.336 e. The molecule has 3 aromatic rings. The van der Waals surface area contributed by atoms with E-state index in [1.807, 2.05) is 61.5 Å². The number of benzene rings is 3. The summed E-state index contributed by atoms with van der Waals surface area (Å²) in [7, 11) is 1.34. The van der Waals surface area contributed by atoms with Crippen LogP contribution in [-0.4, -0.2) is 18.9 Å². The molecule has 5 nitrogen and oxygen atoms in total. The van der Waals surface area contributed by atoms with Gasteiger partial charge in [-0.05, 0) is 48.6 Å². The Bertz CT molecular complexity index is 1390. The summed E-state index contributed by atoms with van der Waals surface area (Å²) in [6.45, 7) is 2.17. The van der Waals surface area contributed by atoms with Crippen molar-refractivity contribution in [3.8, 4) is 5.75 Å². The summed E-state index contributed by atoms with van der Waals surface area (Å²) in [4.78, 5) is 26.7. The molecule has 2 unspecified atom stereocenters. The van der Waals surface area contributed by atoms with Crippen molar-refractivity contribution in [2.24, 2.45) is 0 Å². The number of Topliss-reactive ketones (excluding diaryl/α,β-unsaturated/α-hetero) is 1. The van der Waals surface area contributed by atoms with Crippen molar-refractivity contribution >= 4 is 11.8 Å². The van der Waals surface area contributed by atoms with Crippen LogP contribution in [0.15, 0.2) is 101 Å². The predicted octanol–water partition coefficient (Wildman–Crippen LogP) is 5.94. The Labute approximate surface area is 215 Å². The van der Waals surface area contributed by atoms with Crippen LogP contribution in [0.3, 0.4) is 0 Å². The molecule has 37 heavy (non-hydrogen) atoms. The van der Waals surface area contributed by atoms with Gasteiger partial charge in [0.05, 0.1) is 18.6 Å². The van der Waals surface area contributed by atoms with Crippen LogP contribution in [0.2, 0.25) is 0 Å². The van der Waals surface area contributed by atoms with Crippen LogP contribution < -0.4 is 10.1 Å². The summed E-state index contributed by atoms with van der Waals surface area (Å²) in [5.41, 5.74) is 5.02. The zero-order valence-electron chi connectivity index (χ0n) is 20.8. The SMILES string of the molecule is COC(=O)C1=C(C)NC2=C(C(=O)CC(c3ccc(F)cc3)C2)C1c1ccccc1OCc1ccccc1. The van der Waals surface area contributed by atoms with Crippen molar-refractivity contribution in [2.45, 2.75) is 38.2 Å². The minimum absolute atomic E-state index is 0.0557. The molecular formula is C31H28FNO4. The summed E-state index contributed by atoms with van der Waals surface area (Å²) >= 11 is 0. The molecule has 0 fully saturated rings. The van der Waals surface area contributed by atoms with Crippen LogP contribution in [0.25, 0.3) is 0 Å². The molecule has 0 radical (unpaired) electrons. The lowest BCUT2D eigenvalue weighted by molar-refractivity contribution is -0.136. The maximum atomic E-state index is 13.7. The highest BCUT2D eigenvalue weighted by molar-refractivity contribution is 6.04. The molecule has 1 aliphatic carbocycles. The Morgan fingerprint density at radius 2 is 1.68 bits per heavy atom. The topological polar surface area (TPSA) is 64.6 Å². The van der Waals surface area contributed by atoms with Crippen molar-refractivity contribution in [1.82, 2.24) is 5.32 Å². The quantitative estimate of drug-likeness (QED) is 0.427. The maximum absolute atomic E-state index is 13.7. The van der Waals surface area contributed by atoms with Crippen LogP contribution in [0.5, 0.6) is 5.75 Å². The number of hydrogen-bond acceptors (Lipinski definition) is 5. The fourth-order valence-electron chi connectivity index (χ4n) is 5.29. The summed E-state index contributed by atoms with van der Waals surface area (Å²) in [6, 6.07) is 23.6. The van der Waals surface area contributed by atoms with E-state index in [-0.39, 0.29) is 23.9 Å². The fraction of sp³-hybridized carbons (Fsp3) is 0.226. The molecule has 0 aromatic heterocycles. The average molecular weight is 498 g/mol. The Balaban J connectivity index is 1.56. The first kappa shape index (κ1) is 24.5. The first-order valence-corrected chi connectivity index (χ1v) is 12.3. The highest BCUT2D eigenvalue weighted by atomic mass is 19.1. The largest absolute Gasteiger partial charge is 0.489 e. The van der Waals surface area contributed by atoms with Gasteiger partial charge in [0, 0.05) is 29.0 Å². The third-order valence-electron chi connectivity index (χ3n) is 7.04. The molecule has 188 valence electrons. The molecule has 0 bridgehead atoms. The molecular weight excluding hydrogens is 469 g/mol. The van der Waals surface area contributed by atoms with Gasteiger partial charge in [0.25, 0.3) is 0 Å². The van der Waals surface area contributed by atoms with Gasteiger partial charge in [-0.25, -0.2) is 9.18 Å². The number of dihydropyridines is 1. The van der Waals surface area contributed by atoms with Crippen molar-refractivity contribution in [1.29, 1.82) is 0 Å². The standard InChI is InChI=1S/C31H28FNO4/c1-19-28(31(35)36-2)29(24-10-6-7-11-27(24)37-18-20-8-4-3-5-9-20)30-25(33-19)16-22(17-26(30)34)21-12-14-23(32)15-13-21/h3-15,22,29,33H,16-18H2,1-2H3. The average Bonchev–Trinajstić information content (AvgIpc) is 2.92. The van der Waals surface area contributed by atoms with E-state index in [9.17, 15) is 14.0 Å². The van der Waals surface area contributed by atoms with Crippen molar-refractivity contribution in [3.05, 3.63) is 124 Å². The van der Waals surface area contributed by atoms with E-state index in [0.717, 1.165) is 22.4 Å². The first-order valence-electron chi connectivity index (χ1n) is 12.3. The molecule has 2 atom stereocenters. The third kappa shape index (κ3) is 4.92. The van der Waals surface area contributed by atoms with Gasteiger partial charge < -0.3 is 14.8 Å². The zero-order chi connectivity index (χ0) is 25.9. The van der Waals surface area contributed by atoms with Gasteiger partial charge in [-0.15, -0.1) is 0 Å². The minimum atomic E-state index is -0.627. The summed E-state index contributed by atoms with van der Waals surface area (Å²) in [5.74, 6) is -0.967.